The van der Waals surface area contributed by atoms with Crippen LogP contribution in [0, 0.1) is 19.7 Å². The van der Waals surface area contributed by atoms with Gasteiger partial charge in [-0.05, 0) is 32.0 Å². The zero-order valence-corrected chi connectivity index (χ0v) is 15.3. The minimum Gasteiger partial charge on any atom is -0.310 e. The number of hydrogen-bond donors (Lipinski definition) is 1. The molecule has 1 aliphatic heterocycles. The second-order valence-corrected chi connectivity index (χ2v) is 7.45. The maximum Gasteiger partial charge on any atom is 0.235 e. The minimum absolute atomic E-state index is 0.108. The average Bonchev–Trinajstić information content (AvgIpc) is 2.83. The molecule has 0 spiro atoms. The van der Waals surface area contributed by atoms with Gasteiger partial charge < -0.3 is 5.32 Å². The Labute approximate surface area is 155 Å². The number of thioether (sulfide) groups is 1. The van der Waals surface area contributed by atoms with Crippen molar-refractivity contribution in [2.75, 3.05) is 11.1 Å². The minimum atomic E-state index is -0.288. The number of aromatic nitrogens is 2. The lowest BCUT2D eigenvalue weighted by Gasteiger charge is -2.16. The first-order valence-corrected chi connectivity index (χ1v) is 9.42. The Kier molecular flexibility index (Phi) is 4.28. The summed E-state index contributed by atoms with van der Waals surface area (Å²) in [7, 11) is 0. The van der Waals surface area contributed by atoms with Crippen LogP contribution in [-0.2, 0) is 4.79 Å². The van der Waals surface area contributed by atoms with Crippen LogP contribution in [0.3, 0.4) is 0 Å². The maximum atomic E-state index is 14.5. The van der Waals surface area contributed by atoms with Gasteiger partial charge in [-0.3, -0.25) is 4.79 Å². The summed E-state index contributed by atoms with van der Waals surface area (Å²) in [5.74, 6) is 0.506. The number of amides is 1. The zero-order valence-electron chi connectivity index (χ0n) is 14.5. The number of rotatable bonds is 2. The summed E-state index contributed by atoms with van der Waals surface area (Å²) >= 11 is 1.42. The highest BCUT2D eigenvalue weighted by Crippen LogP contribution is 2.44. The Bertz CT molecular complexity index is 981. The molecule has 1 atom stereocenters. The van der Waals surface area contributed by atoms with Crippen molar-refractivity contribution in [1.82, 2.24) is 9.78 Å². The van der Waals surface area contributed by atoms with Gasteiger partial charge in [-0.25, -0.2) is 9.07 Å². The summed E-state index contributed by atoms with van der Waals surface area (Å²) in [6, 6.07) is 14.6. The van der Waals surface area contributed by atoms with Crippen molar-refractivity contribution >= 4 is 23.5 Å². The van der Waals surface area contributed by atoms with Crippen LogP contribution in [0.25, 0.3) is 5.69 Å². The molecule has 1 amide bonds. The molecule has 1 aliphatic rings. The van der Waals surface area contributed by atoms with Crippen LogP contribution < -0.4 is 5.32 Å². The van der Waals surface area contributed by atoms with Crippen molar-refractivity contribution in [1.29, 1.82) is 0 Å². The Hall–Kier alpha value is -2.60. The van der Waals surface area contributed by atoms with Gasteiger partial charge in [-0.2, -0.15) is 5.10 Å². The van der Waals surface area contributed by atoms with E-state index in [4.69, 9.17) is 0 Å². The zero-order chi connectivity index (χ0) is 18.3. The molecule has 2 aromatic carbocycles. The predicted octanol–water partition coefficient (Wildman–Crippen LogP) is 4.40. The van der Waals surface area contributed by atoms with Crippen molar-refractivity contribution in [3.05, 3.63) is 76.7 Å². The van der Waals surface area contributed by atoms with Gasteiger partial charge in [0, 0.05) is 11.1 Å². The number of nitrogens with one attached hydrogen (secondary N) is 1. The highest BCUT2D eigenvalue weighted by Gasteiger charge is 2.31. The van der Waals surface area contributed by atoms with Gasteiger partial charge in [0.15, 0.2) is 0 Å². The molecule has 132 valence electrons. The number of nitrogens with zero attached hydrogens (tertiary/aromatic N) is 2. The van der Waals surface area contributed by atoms with Crippen molar-refractivity contribution in [2.45, 2.75) is 19.1 Å². The number of benzene rings is 2. The van der Waals surface area contributed by atoms with Gasteiger partial charge in [-0.15, -0.1) is 11.8 Å². The van der Waals surface area contributed by atoms with Gasteiger partial charge >= 0.3 is 0 Å². The molecule has 4 nitrogen and oxygen atoms in total. The van der Waals surface area contributed by atoms with Crippen LogP contribution in [0.15, 0.2) is 48.5 Å². The number of halogens is 1. The van der Waals surface area contributed by atoms with Gasteiger partial charge in [0.05, 0.1) is 22.4 Å². The summed E-state index contributed by atoms with van der Waals surface area (Å²) in [6.07, 6.45) is 0. The molecule has 3 aromatic rings. The standard InChI is InChI=1S/C20H18FN3OS/c1-12-7-9-14(10-8-12)24-20-18(13(2)23-24)19(26-11-17(25)22-20)15-5-3-4-6-16(15)21/h3-10,19H,11H2,1-2H3,(H,22,25). The van der Waals surface area contributed by atoms with Crippen LogP contribution in [0.1, 0.15) is 27.6 Å². The van der Waals surface area contributed by atoms with E-state index in [2.05, 4.69) is 10.4 Å². The predicted molar refractivity (Wildman–Crippen MR) is 102 cm³/mol. The van der Waals surface area contributed by atoms with E-state index in [0.717, 1.165) is 22.5 Å². The van der Waals surface area contributed by atoms with Crippen LogP contribution in [0.2, 0.25) is 0 Å². The summed E-state index contributed by atoms with van der Waals surface area (Å²) in [4.78, 5) is 12.3. The Morgan fingerprint density at radius 1 is 1.15 bits per heavy atom. The van der Waals surface area contributed by atoms with Crippen molar-refractivity contribution in [3.8, 4) is 5.69 Å². The molecule has 0 aliphatic carbocycles. The normalized spacial score (nSPS) is 16.7. The molecular formula is C20H18FN3OS. The van der Waals surface area contributed by atoms with Crippen LogP contribution >= 0.6 is 11.8 Å². The highest BCUT2D eigenvalue weighted by molar-refractivity contribution is 8.00. The lowest BCUT2D eigenvalue weighted by atomic mass is 10.0. The van der Waals surface area contributed by atoms with Crippen molar-refractivity contribution < 1.29 is 9.18 Å². The Morgan fingerprint density at radius 2 is 1.88 bits per heavy atom. The van der Waals surface area contributed by atoms with E-state index in [0.29, 0.717) is 11.4 Å². The van der Waals surface area contributed by atoms with Gasteiger partial charge in [0.2, 0.25) is 5.91 Å². The second-order valence-electron chi connectivity index (χ2n) is 6.36. The summed E-state index contributed by atoms with van der Waals surface area (Å²) < 4.78 is 16.2. The van der Waals surface area contributed by atoms with E-state index in [9.17, 15) is 9.18 Å². The lowest BCUT2D eigenvalue weighted by molar-refractivity contribution is -0.113. The third-order valence-electron chi connectivity index (χ3n) is 4.47. The van der Waals surface area contributed by atoms with Crippen LogP contribution in [0.4, 0.5) is 10.2 Å². The smallest absolute Gasteiger partial charge is 0.235 e. The number of anilines is 1. The Morgan fingerprint density at radius 3 is 2.62 bits per heavy atom. The van der Waals surface area contributed by atoms with Crippen LogP contribution in [-0.4, -0.2) is 21.4 Å². The van der Waals surface area contributed by atoms with E-state index in [1.54, 1.807) is 16.8 Å². The lowest BCUT2D eigenvalue weighted by Crippen LogP contribution is -2.15. The quantitative estimate of drug-likeness (QED) is 0.730. The van der Waals surface area contributed by atoms with Gasteiger partial charge in [-0.1, -0.05) is 35.9 Å². The van der Waals surface area contributed by atoms with Crippen molar-refractivity contribution in [3.63, 3.8) is 0 Å². The molecule has 1 N–H and O–H groups in total. The molecular weight excluding hydrogens is 349 g/mol. The molecule has 6 heteroatoms. The molecule has 1 unspecified atom stereocenters. The molecule has 0 bridgehead atoms. The van der Waals surface area contributed by atoms with E-state index in [1.165, 1.54) is 17.8 Å². The average molecular weight is 367 g/mol. The summed E-state index contributed by atoms with van der Waals surface area (Å²) in [6.45, 7) is 3.92. The van der Waals surface area contributed by atoms with E-state index >= 15 is 0 Å². The molecule has 0 saturated heterocycles. The molecule has 2 heterocycles. The third kappa shape index (κ3) is 2.90. The summed E-state index contributed by atoms with van der Waals surface area (Å²) in [5.41, 5.74) is 4.21. The fraction of sp³-hybridized carbons (Fsp3) is 0.200. The molecule has 0 fully saturated rings. The highest BCUT2D eigenvalue weighted by atomic mass is 32.2. The topological polar surface area (TPSA) is 46.9 Å². The maximum absolute atomic E-state index is 14.5. The van der Waals surface area contributed by atoms with E-state index in [-0.39, 0.29) is 22.7 Å². The molecule has 0 radical (unpaired) electrons. The fourth-order valence-corrected chi connectivity index (χ4v) is 4.40. The fourth-order valence-electron chi connectivity index (χ4n) is 3.19. The second kappa shape index (κ2) is 6.61. The number of aryl methyl sites for hydroxylation is 2. The largest absolute Gasteiger partial charge is 0.310 e. The van der Waals surface area contributed by atoms with Gasteiger partial charge in [0.25, 0.3) is 0 Å². The van der Waals surface area contributed by atoms with E-state index < -0.39 is 0 Å². The first-order valence-electron chi connectivity index (χ1n) is 8.37. The van der Waals surface area contributed by atoms with Gasteiger partial charge in [0.1, 0.15) is 11.6 Å². The molecule has 4 rings (SSSR count). The number of fused-ring (bicyclic) bond motifs is 1. The number of carbonyl (C=O) groups excluding carboxylic acids is 1. The molecule has 1 aromatic heterocycles. The Balaban J connectivity index is 1.91. The molecule has 0 saturated carbocycles. The third-order valence-corrected chi connectivity index (χ3v) is 5.73. The number of carbonyl (C=O) groups is 1. The van der Waals surface area contributed by atoms with E-state index in [1.807, 2.05) is 44.2 Å². The monoisotopic (exact) mass is 367 g/mol. The van der Waals surface area contributed by atoms with Crippen LogP contribution in [0.5, 0.6) is 0 Å². The SMILES string of the molecule is Cc1ccc(-n2nc(C)c3c2NC(=O)CSC3c2ccccc2F)cc1. The molecule has 26 heavy (non-hydrogen) atoms. The summed E-state index contributed by atoms with van der Waals surface area (Å²) in [5, 5.41) is 7.31. The first kappa shape index (κ1) is 16.8. The first-order chi connectivity index (χ1) is 12.5. The van der Waals surface area contributed by atoms with Crippen molar-refractivity contribution in [2.24, 2.45) is 0 Å². The number of hydrogen-bond acceptors (Lipinski definition) is 3.